The van der Waals surface area contributed by atoms with E-state index in [9.17, 15) is 13.5 Å². The van der Waals surface area contributed by atoms with E-state index in [1.807, 2.05) is 0 Å². The summed E-state index contributed by atoms with van der Waals surface area (Å²) in [6, 6.07) is 4.29. The fourth-order valence-electron chi connectivity index (χ4n) is 4.53. The molecule has 2 N–H and O–H groups in total. The van der Waals surface area contributed by atoms with Crippen molar-refractivity contribution >= 4 is 26.6 Å². The van der Waals surface area contributed by atoms with E-state index < -0.39 is 50.0 Å². The van der Waals surface area contributed by atoms with Gasteiger partial charge in [-0.1, -0.05) is 12.1 Å². The number of fused-ring (bicyclic) bond motifs is 1. The highest BCUT2D eigenvalue weighted by Crippen LogP contribution is 2.52. The Kier molecular flexibility index (Phi) is 5.79. The summed E-state index contributed by atoms with van der Waals surface area (Å²) in [5, 5.41) is 13.4. The Hall–Kier alpha value is -2.79. The van der Waals surface area contributed by atoms with Crippen LogP contribution in [0.2, 0.25) is 0 Å². The second kappa shape index (κ2) is 8.37. The van der Waals surface area contributed by atoms with Crippen molar-refractivity contribution in [3.63, 3.8) is 0 Å². The molecule has 11 heteroatoms. The van der Waals surface area contributed by atoms with Crippen molar-refractivity contribution in [3.8, 4) is 0 Å². The number of aryl methyl sites for hydroxylation is 1. The Bertz CT molecular complexity index is 1450. The number of rotatable bonds is 8. The number of pyridine rings is 1. The monoisotopic (exact) mass is 520 g/mol. The summed E-state index contributed by atoms with van der Waals surface area (Å²) in [5.41, 5.74) is -2.87. The SMILES string of the molecule is Cc1nc(N[C@H](C)c2cccc(C(F)(F)[C@](C)(O)C3CC3)c2F)c2cc(S(=O)(=O)C3CC3)ncc2n1. The second-order valence-electron chi connectivity index (χ2n) is 9.97. The number of benzene rings is 1. The highest BCUT2D eigenvalue weighted by molar-refractivity contribution is 7.92. The topological polar surface area (TPSA) is 105 Å². The maximum Gasteiger partial charge on any atom is 0.304 e. The zero-order valence-corrected chi connectivity index (χ0v) is 20.9. The lowest BCUT2D eigenvalue weighted by Gasteiger charge is -2.34. The minimum atomic E-state index is -3.79. The fourth-order valence-corrected chi connectivity index (χ4v) is 6.11. The molecule has 0 saturated heterocycles. The lowest BCUT2D eigenvalue weighted by atomic mass is 9.86. The van der Waals surface area contributed by atoms with Crippen LogP contribution in [0, 0.1) is 18.7 Å². The predicted molar refractivity (Wildman–Crippen MR) is 128 cm³/mol. The van der Waals surface area contributed by atoms with Crippen LogP contribution in [0.5, 0.6) is 0 Å². The van der Waals surface area contributed by atoms with Crippen LogP contribution in [0.3, 0.4) is 0 Å². The maximum absolute atomic E-state index is 15.5. The highest BCUT2D eigenvalue weighted by atomic mass is 32.2. The number of halogens is 3. The van der Waals surface area contributed by atoms with Crippen molar-refractivity contribution in [1.82, 2.24) is 15.0 Å². The molecule has 1 aromatic carbocycles. The molecule has 0 aliphatic heterocycles. The van der Waals surface area contributed by atoms with Gasteiger partial charge in [0.05, 0.1) is 28.6 Å². The first-order valence-electron chi connectivity index (χ1n) is 11.9. The summed E-state index contributed by atoms with van der Waals surface area (Å²) in [7, 11) is -3.57. The van der Waals surface area contributed by atoms with Gasteiger partial charge in [-0.25, -0.2) is 27.8 Å². The molecule has 2 aromatic heterocycles. The summed E-state index contributed by atoms with van der Waals surface area (Å²) in [4.78, 5) is 12.8. The van der Waals surface area contributed by atoms with Crippen LogP contribution in [0.1, 0.15) is 62.5 Å². The molecule has 2 atom stereocenters. The van der Waals surface area contributed by atoms with E-state index in [4.69, 9.17) is 0 Å². The molecule has 0 amide bonds. The van der Waals surface area contributed by atoms with Crippen LogP contribution in [0.4, 0.5) is 19.0 Å². The average Bonchev–Trinajstić information content (AvgIpc) is 3.70. The molecule has 2 heterocycles. The van der Waals surface area contributed by atoms with E-state index in [1.165, 1.54) is 24.4 Å². The molecular formula is C25H27F3N4O3S. The van der Waals surface area contributed by atoms with Gasteiger partial charge >= 0.3 is 5.92 Å². The zero-order valence-electron chi connectivity index (χ0n) is 20.1. The largest absolute Gasteiger partial charge is 0.383 e. The summed E-state index contributed by atoms with van der Waals surface area (Å²) < 4.78 is 71.4. The molecule has 2 aliphatic carbocycles. The number of nitrogens with one attached hydrogen (secondary N) is 1. The third-order valence-corrected chi connectivity index (χ3v) is 9.27. The summed E-state index contributed by atoms with van der Waals surface area (Å²) >= 11 is 0. The quantitative estimate of drug-likeness (QED) is 0.438. The molecule has 3 aromatic rings. The van der Waals surface area contributed by atoms with Gasteiger partial charge in [0.15, 0.2) is 14.9 Å². The lowest BCUT2D eigenvalue weighted by molar-refractivity contribution is -0.191. The molecule has 2 aliphatic rings. The van der Waals surface area contributed by atoms with Crippen LogP contribution in [-0.4, -0.2) is 39.3 Å². The van der Waals surface area contributed by atoms with Gasteiger partial charge in [0.1, 0.15) is 23.1 Å². The third kappa shape index (κ3) is 4.11. The Morgan fingerprint density at radius 1 is 1.17 bits per heavy atom. The van der Waals surface area contributed by atoms with Crippen molar-refractivity contribution in [2.45, 2.75) is 74.3 Å². The second-order valence-corrected chi connectivity index (χ2v) is 12.1. The first kappa shape index (κ1) is 24.9. The third-order valence-electron chi connectivity index (χ3n) is 7.12. The first-order valence-corrected chi connectivity index (χ1v) is 13.4. The number of anilines is 1. The summed E-state index contributed by atoms with van der Waals surface area (Å²) in [5.74, 6) is -4.88. The van der Waals surface area contributed by atoms with Crippen LogP contribution >= 0.6 is 0 Å². The molecule has 2 saturated carbocycles. The Morgan fingerprint density at radius 2 is 1.86 bits per heavy atom. The number of alkyl halides is 2. The number of aromatic nitrogens is 3. The fraction of sp³-hybridized carbons (Fsp3) is 0.480. The number of hydrogen-bond donors (Lipinski definition) is 2. The molecule has 0 spiro atoms. The zero-order chi connectivity index (χ0) is 26.0. The van der Waals surface area contributed by atoms with Crippen molar-refractivity contribution in [1.29, 1.82) is 0 Å². The molecule has 0 unspecified atom stereocenters. The van der Waals surface area contributed by atoms with Gasteiger partial charge in [-0.15, -0.1) is 0 Å². The summed E-state index contributed by atoms with van der Waals surface area (Å²) in [6.07, 6.45) is 3.46. The van der Waals surface area contributed by atoms with E-state index in [2.05, 4.69) is 20.3 Å². The van der Waals surface area contributed by atoms with Crippen molar-refractivity contribution in [3.05, 3.63) is 53.2 Å². The van der Waals surface area contributed by atoms with Crippen LogP contribution in [0.25, 0.3) is 10.9 Å². The summed E-state index contributed by atoms with van der Waals surface area (Å²) in [6.45, 7) is 4.28. The van der Waals surface area contributed by atoms with Gasteiger partial charge in [0.25, 0.3) is 0 Å². The highest BCUT2D eigenvalue weighted by Gasteiger charge is 2.59. The van der Waals surface area contributed by atoms with Crippen molar-refractivity contribution in [2.75, 3.05) is 5.32 Å². The van der Waals surface area contributed by atoms with E-state index >= 15 is 13.2 Å². The Balaban J connectivity index is 1.52. The molecule has 192 valence electrons. The molecule has 5 rings (SSSR count). The van der Waals surface area contributed by atoms with Crippen LogP contribution in [0.15, 0.2) is 35.5 Å². The number of hydrogen-bond acceptors (Lipinski definition) is 7. The number of nitrogens with zero attached hydrogens (tertiary/aromatic N) is 3. The molecule has 0 radical (unpaired) electrons. The van der Waals surface area contributed by atoms with Gasteiger partial charge in [0.2, 0.25) is 0 Å². The first-order chi connectivity index (χ1) is 16.8. The standard InChI is InChI=1S/C25H27F3N4O3S/c1-13(17-5-4-6-19(22(17)26)25(27,28)24(3,33)15-7-8-15)30-23-18-11-21(36(34,35)16-9-10-16)29-12-20(18)31-14(2)32-23/h4-6,11-13,15-16,33H,7-10H2,1-3H3,(H,30,31,32)/t13-,24-/m1/s1. The van der Waals surface area contributed by atoms with Gasteiger partial charge in [0, 0.05) is 10.9 Å². The Morgan fingerprint density at radius 3 is 2.50 bits per heavy atom. The lowest BCUT2D eigenvalue weighted by Crippen LogP contribution is -2.45. The van der Waals surface area contributed by atoms with E-state index in [0.717, 1.165) is 13.0 Å². The smallest absolute Gasteiger partial charge is 0.304 e. The Labute approximate surface area is 207 Å². The molecule has 0 bridgehead atoms. The van der Waals surface area contributed by atoms with E-state index in [1.54, 1.807) is 13.8 Å². The molecule has 2 fully saturated rings. The van der Waals surface area contributed by atoms with Gasteiger partial charge in [-0.2, -0.15) is 8.78 Å². The molecular weight excluding hydrogens is 493 g/mol. The average molecular weight is 521 g/mol. The molecule has 7 nitrogen and oxygen atoms in total. The van der Waals surface area contributed by atoms with Crippen LogP contribution < -0.4 is 5.32 Å². The normalized spacial score (nSPS) is 19.2. The van der Waals surface area contributed by atoms with E-state index in [0.29, 0.717) is 42.4 Å². The number of aliphatic hydroxyl groups is 1. The van der Waals surface area contributed by atoms with Crippen molar-refractivity contribution < 1.29 is 26.7 Å². The van der Waals surface area contributed by atoms with Gasteiger partial charge in [-0.3, -0.25) is 0 Å². The van der Waals surface area contributed by atoms with Gasteiger partial charge in [-0.05, 0) is 64.5 Å². The number of sulfone groups is 1. The van der Waals surface area contributed by atoms with Crippen molar-refractivity contribution in [2.24, 2.45) is 5.92 Å². The minimum Gasteiger partial charge on any atom is -0.383 e. The van der Waals surface area contributed by atoms with Gasteiger partial charge < -0.3 is 10.4 Å². The van der Waals surface area contributed by atoms with Crippen LogP contribution in [-0.2, 0) is 15.8 Å². The molecule has 36 heavy (non-hydrogen) atoms. The van der Waals surface area contributed by atoms with E-state index in [-0.39, 0.29) is 16.4 Å². The predicted octanol–water partition coefficient (Wildman–Crippen LogP) is 4.83. The minimum absolute atomic E-state index is 0.0388. The maximum atomic E-state index is 15.5.